The second kappa shape index (κ2) is 8.94. The van der Waals surface area contributed by atoms with E-state index in [0.29, 0.717) is 16.8 Å². The summed E-state index contributed by atoms with van der Waals surface area (Å²) in [6, 6.07) is 11.3. The van der Waals surface area contributed by atoms with Gasteiger partial charge in [0, 0.05) is 24.6 Å². The Morgan fingerprint density at radius 2 is 1.68 bits per heavy atom. The van der Waals surface area contributed by atoms with Gasteiger partial charge in [0.1, 0.15) is 0 Å². The van der Waals surface area contributed by atoms with E-state index in [4.69, 9.17) is 15.2 Å². The average Bonchev–Trinajstić information content (AvgIpc) is 2.69. The standard InChI is InChI=1S/C21H21NO6/c1-12-16(22)10-9-15(18(12)19(24)13(2)23)11-17(21(26)27-3)28-20(25)14-7-5-4-6-8-14/h4-10,17H,11,22H2,1-3H3/t17-/m1/s1. The molecule has 146 valence electrons. The second-order valence-corrected chi connectivity index (χ2v) is 6.19. The summed E-state index contributed by atoms with van der Waals surface area (Å²) < 4.78 is 10.0. The van der Waals surface area contributed by atoms with E-state index in [9.17, 15) is 19.2 Å². The number of benzene rings is 2. The number of hydrogen-bond acceptors (Lipinski definition) is 7. The number of esters is 2. The Balaban J connectivity index is 2.39. The molecule has 0 amide bonds. The van der Waals surface area contributed by atoms with Crippen LogP contribution in [0.2, 0.25) is 0 Å². The van der Waals surface area contributed by atoms with Crippen molar-refractivity contribution in [3.05, 3.63) is 64.7 Å². The fourth-order valence-electron chi connectivity index (χ4n) is 2.72. The van der Waals surface area contributed by atoms with Crippen LogP contribution in [-0.4, -0.2) is 36.7 Å². The lowest BCUT2D eigenvalue weighted by atomic mass is 9.92. The Morgan fingerprint density at radius 3 is 2.25 bits per heavy atom. The monoisotopic (exact) mass is 383 g/mol. The number of anilines is 1. The number of nitrogen functional groups attached to an aromatic ring is 1. The first-order valence-electron chi connectivity index (χ1n) is 8.53. The van der Waals surface area contributed by atoms with Crippen molar-refractivity contribution in [1.29, 1.82) is 0 Å². The van der Waals surface area contributed by atoms with Gasteiger partial charge in [-0.2, -0.15) is 0 Å². The van der Waals surface area contributed by atoms with Crippen LogP contribution in [0.15, 0.2) is 42.5 Å². The van der Waals surface area contributed by atoms with Crippen LogP contribution in [0.25, 0.3) is 0 Å². The molecule has 0 unspecified atom stereocenters. The third-order valence-electron chi connectivity index (χ3n) is 4.27. The maximum Gasteiger partial charge on any atom is 0.347 e. The minimum absolute atomic E-state index is 0.108. The molecule has 0 aromatic heterocycles. The van der Waals surface area contributed by atoms with Gasteiger partial charge in [-0.3, -0.25) is 9.59 Å². The van der Waals surface area contributed by atoms with E-state index in [1.165, 1.54) is 13.2 Å². The summed E-state index contributed by atoms with van der Waals surface area (Å²) in [6.45, 7) is 2.76. The quantitative estimate of drug-likeness (QED) is 0.338. The number of carbonyl (C=O) groups is 4. The van der Waals surface area contributed by atoms with Gasteiger partial charge in [0.25, 0.3) is 0 Å². The first-order chi connectivity index (χ1) is 13.3. The third kappa shape index (κ3) is 4.62. The highest BCUT2D eigenvalue weighted by Gasteiger charge is 2.28. The van der Waals surface area contributed by atoms with Gasteiger partial charge in [-0.25, -0.2) is 9.59 Å². The summed E-state index contributed by atoms with van der Waals surface area (Å²) in [4.78, 5) is 48.5. The fourth-order valence-corrected chi connectivity index (χ4v) is 2.72. The minimum atomic E-state index is -1.29. The van der Waals surface area contributed by atoms with Crippen molar-refractivity contribution in [2.45, 2.75) is 26.4 Å². The van der Waals surface area contributed by atoms with Gasteiger partial charge in [-0.05, 0) is 36.2 Å². The van der Waals surface area contributed by atoms with Crippen LogP contribution in [0, 0.1) is 6.92 Å². The van der Waals surface area contributed by atoms with Crippen LogP contribution in [0.3, 0.4) is 0 Å². The molecule has 7 nitrogen and oxygen atoms in total. The molecule has 0 aliphatic carbocycles. The van der Waals surface area contributed by atoms with Gasteiger partial charge in [-0.1, -0.05) is 24.3 Å². The molecule has 0 bridgehead atoms. The summed E-state index contributed by atoms with van der Waals surface area (Å²) in [5, 5.41) is 0. The number of ketones is 2. The number of rotatable bonds is 7. The van der Waals surface area contributed by atoms with E-state index in [2.05, 4.69) is 0 Å². The SMILES string of the molecule is COC(=O)[C@@H](Cc1ccc(N)c(C)c1C(=O)C(C)=O)OC(=O)c1ccccc1. The van der Waals surface area contributed by atoms with E-state index in [0.717, 1.165) is 6.92 Å². The Morgan fingerprint density at radius 1 is 1.04 bits per heavy atom. The normalized spacial score (nSPS) is 11.4. The van der Waals surface area contributed by atoms with Crippen molar-refractivity contribution >= 4 is 29.2 Å². The summed E-state index contributed by atoms with van der Waals surface area (Å²) >= 11 is 0. The molecule has 2 N–H and O–H groups in total. The number of carbonyl (C=O) groups excluding carboxylic acids is 4. The Kier molecular flexibility index (Phi) is 6.65. The maximum atomic E-state index is 12.4. The summed E-state index contributed by atoms with van der Waals surface area (Å²) in [7, 11) is 1.17. The second-order valence-electron chi connectivity index (χ2n) is 6.19. The zero-order valence-corrected chi connectivity index (χ0v) is 15.9. The molecule has 0 radical (unpaired) electrons. The molecule has 0 saturated heterocycles. The largest absolute Gasteiger partial charge is 0.466 e. The van der Waals surface area contributed by atoms with Crippen molar-refractivity contribution in [1.82, 2.24) is 0 Å². The first-order valence-corrected chi connectivity index (χ1v) is 8.53. The predicted octanol–water partition coefficient (Wildman–Crippen LogP) is 2.29. The number of nitrogens with two attached hydrogens (primary N) is 1. The molecule has 0 aliphatic rings. The van der Waals surface area contributed by atoms with Crippen LogP contribution >= 0.6 is 0 Å². The number of Topliss-reactive ketones (excluding diaryl/α,β-unsaturated/α-hetero) is 2. The van der Waals surface area contributed by atoms with Gasteiger partial charge in [0.2, 0.25) is 11.9 Å². The van der Waals surface area contributed by atoms with Gasteiger partial charge in [-0.15, -0.1) is 0 Å². The van der Waals surface area contributed by atoms with E-state index < -0.39 is 29.6 Å². The Bertz CT molecular complexity index is 920. The molecule has 7 heteroatoms. The van der Waals surface area contributed by atoms with Gasteiger partial charge in [0.05, 0.1) is 12.7 Å². The van der Waals surface area contributed by atoms with Gasteiger partial charge >= 0.3 is 11.9 Å². The van der Waals surface area contributed by atoms with Crippen LogP contribution in [0.4, 0.5) is 5.69 Å². The molecule has 2 aromatic carbocycles. The number of hydrogen-bond donors (Lipinski definition) is 1. The predicted molar refractivity (Wildman–Crippen MR) is 102 cm³/mol. The number of methoxy groups -OCH3 is 1. The van der Waals surface area contributed by atoms with Crippen LogP contribution < -0.4 is 5.73 Å². The van der Waals surface area contributed by atoms with Crippen molar-refractivity contribution < 1.29 is 28.7 Å². The summed E-state index contributed by atoms with van der Waals surface area (Å²) in [5.74, 6) is -2.87. The van der Waals surface area contributed by atoms with Crippen LogP contribution in [0.5, 0.6) is 0 Å². The number of ether oxygens (including phenoxy) is 2. The molecule has 1 atom stereocenters. The molecule has 0 spiro atoms. The zero-order valence-electron chi connectivity index (χ0n) is 15.9. The lowest BCUT2D eigenvalue weighted by Crippen LogP contribution is -2.31. The van der Waals surface area contributed by atoms with Gasteiger partial charge in [0.15, 0.2) is 5.78 Å². The topological polar surface area (TPSA) is 113 Å². The lowest BCUT2D eigenvalue weighted by molar-refractivity contribution is -0.150. The molecule has 0 fully saturated rings. The zero-order chi connectivity index (χ0) is 20.8. The highest BCUT2D eigenvalue weighted by molar-refractivity contribution is 6.43. The molecular formula is C21H21NO6. The smallest absolute Gasteiger partial charge is 0.347 e. The maximum absolute atomic E-state index is 12.4. The first kappa shape index (κ1) is 20.8. The van der Waals surface area contributed by atoms with Crippen molar-refractivity contribution in [3.63, 3.8) is 0 Å². The Hall–Kier alpha value is -3.48. The van der Waals surface area contributed by atoms with Crippen molar-refractivity contribution in [3.8, 4) is 0 Å². The molecular weight excluding hydrogens is 362 g/mol. The van der Waals surface area contributed by atoms with Crippen LogP contribution in [-0.2, 0) is 25.5 Å². The fraction of sp³-hybridized carbons (Fsp3) is 0.238. The third-order valence-corrected chi connectivity index (χ3v) is 4.27. The van der Waals surface area contributed by atoms with Crippen LogP contribution in [0.1, 0.15) is 38.8 Å². The van der Waals surface area contributed by atoms with E-state index in [1.807, 2.05) is 0 Å². The summed E-state index contributed by atoms with van der Waals surface area (Å²) in [5.41, 5.74) is 7.37. The van der Waals surface area contributed by atoms with Crippen molar-refractivity contribution in [2.75, 3.05) is 12.8 Å². The van der Waals surface area contributed by atoms with E-state index in [1.54, 1.807) is 43.3 Å². The molecule has 28 heavy (non-hydrogen) atoms. The minimum Gasteiger partial charge on any atom is -0.466 e. The average molecular weight is 383 g/mol. The Labute approximate surface area is 162 Å². The highest BCUT2D eigenvalue weighted by atomic mass is 16.6. The molecule has 2 aromatic rings. The molecule has 2 rings (SSSR count). The van der Waals surface area contributed by atoms with E-state index in [-0.39, 0.29) is 17.5 Å². The highest BCUT2D eigenvalue weighted by Crippen LogP contribution is 2.24. The van der Waals surface area contributed by atoms with Crippen molar-refractivity contribution in [2.24, 2.45) is 0 Å². The van der Waals surface area contributed by atoms with Gasteiger partial charge < -0.3 is 15.2 Å². The lowest BCUT2D eigenvalue weighted by Gasteiger charge is -2.19. The summed E-state index contributed by atoms with van der Waals surface area (Å²) in [6.07, 6.45) is -1.43. The molecule has 0 aliphatic heterocycles. The molecule has 0 saturated carbocycles. The molecule has 0 heterocycles. The van der Waals surface area contributed by atoms with E-state index >= 15 is 0 Å².